The minimum Gasteiger partial charge on any atom is -0.461 e. The van der Waals surface area contributed by atoms with Crippen molar-refractivity contribution >= 4 is 17.5 Å². The van der Waals surface area contributed by atoms with Gasteiger partial charge in [0.2, 0.25) is 0 Å². The van der Waals surface area contributed by atoms with Gasteiger partial charge in [-0.3, -0.25) is 14.4 Å². The van der Waals surface area contributed by atoms with Crippen LogP contribution in [0.25, 0.3) is 0 Å². The van der Waals surface area contributed by atoms with Gasteiger partial charge in [-0.15, -0.1) is 0 Å². The van der Waals surface area contributed by atoms with Crippen molar-refractivity contribution in [3.63, 3.8) is 0 Å². The van der Waals surface area contributed by atoms with Crippen LogP contribution in [0.4, 0.5) is 0 Å². The van der Waals surface area contributed by atoms with Crippen molar-refractivity contribution in [1.82, 2.24) is 0 Å². The molecular weight excluding hydrogens is 232 g/mol. The van der Waals surface area contributed by atoms with Gasteiger partial charge >= 0.3 is 5.97 Å². The quantitative estimate of drug-likeness (QED) is 0.483. The molecule has 0 N–H and O–H groups in total. The average molecular weight is 250 g/mol. The summed E-state index contributed by atoms with van der Waals surface area (Å²) < 4.78 is 5.38. The number of esters is 1. The van der Waals surface area contributed by atoms with E-state index in [1.54, 1.807) is 0 Å². The monoisotopic (exact) mass is 250 g/mol. The number of carbonyl (C=O) groups excluding carboxylic acids is 3. The van der Waals surface area contributed by atoms with Crippen molar-refractivity contribution in [1.29, 1.82) is 0 Å². The Balaban J connectivity index is 2.17. The fourth-order valence-corrected chi connectivity index (χ4v) is 4.62. The first kappa shape index (κ1) is 11.9. The summed E-state index contributed by atoms with van der Waals surface area (Å²) in [5.41, 5.74) is -0.777. The molecule has 3 fully saturated rings. The van der Waals surface area contributed by atoms with Gasteiger partial charge in [0.25, 0.3) is 0 Å². The van der Waals surface area contributed by atoms with E-state index in [2.05, 4.69) is 13.8 Å². The number of ketones is 2. The Morgan fingerprint density at radius 2 is 1.78 bits per heavy atom. The number of Topliss-reactive ketones (excluding diaryl/α,β-unsaturated/α-hetero) is 2. The van der Waals surface area contributed by atoms with E-state index in [9.17, 15) is 14.4 Å². The second-order valence-corrected chi connectivity index (χ2v) is 6.79. The molecule has 0 aromatic carbocycles. The van der Waals surface area contributed by atoms with E-state index < -0.39 is 17.3 Å². The van der Waals surface area contributed by atoms with Crippen LogP contribution in [0.5, 0.6) is 0 Å². The zero-order valence-electron chi connectivity index (χ0n) is 11.0. The lowest BCUT2D eigenvalue weighted by atomic mass is 9.47. The Kier molecular flexibility index (Phi) is 2.13. The third kappa shape index (κ3) is 1.19. The Morgan fingerprint density at radius 1 is 1.11 bits per heavy atom. The Labute approximate surface area is 106 Å². The van der Waals surface area contributed by atoms with Gasteiger partial charge in [-0.25, -0.2) is 0 Å². The topological polar surface area (TPSA) is 60.4 Å². The van der Waals surface area contributed by atoms with Crippen LogP contribution in [-0.4, -0.2) is 23.6 Å². The van der Waals surface area contributed by atoms with Crippen LogP contribution >= 0.6 is 0 Å². The van der Waals surface area contributed by atoms with E-state index in [0.717, 1.165) is 12.8 Å². The van der Waals surface area contributed by atoms with Crippen molar-refractivity contribution in [3.05, 3.63) is 0 Å². The van der Waals surface area contributed by atoms with Gasteiger partial charge < -0.3 is 4.74 Å². The lowest BCUT2D eigenvalue weighted by Crippen LogP contribution is -2.59. The van der Waals surface area contributed by atoms with Gasteiger partial charge in [-0.05, 0) is 18.3 Å². The normalized spacial score (nSPS) is 45.7. The van der Waals surface area contributed by atoms with Crippen LogP contribution in [0.1, 0.15) is 40.0 Å². The first-order valence-corrected chi connectivity index (χ1v) is 6.54. The van der Waals surface area contributed by atoms with Crippen LogP contribution in [-0.2, 0) is 19.1 Å². The lowest BCUT2D eigenvalue weighted by molar-refractivity contribution is -0.157. The van der Waals surface area contributed by atoms with Crippen molar-refractivity contribution in [2.24, 2.45) is 22.7 Å². The highest BCUT2D eigenvalue weighted by Crippen LogP contribution is 2.61. The summed E-state index contributed by atoms with van der Waals surface area (Å²) in [5, 5.41) is 0. The molecule has 1 saturated heterocycles. The fourth-order valence-electron chi connectivity index (χ4n) is 4.62. The van der Waals surface area contributed by atoms with Crippen molar-refractivity contribution in [2.75, 3.05) is 0 Å². The highest BCUT2D eigenvalue weighted by Gasteiger charge is 2.69. The molecule has 0 spiro atoms. The third-order valence-corrected chi connectivity index (χ3v) is 5.26. The molecule has 4 nitrogen and oxygen atoms in total. The summed E-state index contributed by atoms with van der Waals surface area (Å²) in [5.74, 6) is -1.62. The zero-order chi connectivity index (χ0) is 13.3. The molecule has 2 aliphatic carbocycles. The Hall–Kier alpha value is -1.19. The third-order valence-electron chi connectivity index (χ3n) is 5.26. The first-order chi connectivity index (χ1) is 8.28. The fraction of sp³-hybridized carbons (Fsp3) is 0.786. The maximum atomic E-state index is 12.3. The van der Waals surface area contributed by atoms with Gasteiger partial charge in [0, 0.05) is 11.3 Å². The van der Waals surface area contributed by atoms with Gasteiger partial charge in [-0.2, -0.15) is 0 Å². The number of hydrogen-bond donors (Lipinski definition) is 0. The van der Waals surface area contributed by atoms with E-state index >= 15 is 0 Å². The van der Waals surface area contributed by atoms with Crippen LogP contribution in [0.2, 0.25) is 0 Å². The van der Waals surface area contributed by atoms with E-state index in [1.165, 1.54) is 0 Å². The van der Waals surface area contributed by atoms with Crippen LogP contribution in [0.15, 0.2) is 0 Å². The average Bonchev–Trinajstić information content (AvgIpc) is 2.46. The molecule has 1 heterocycles. The summed E-state index contributed by atoms with van der Waals surface area (Å²) in [7, 11) is 0. The standard InChI is InChI=1S/C14H18O4/c1-13(2)5-4-9-14(3)10(12(17)18-9)7(15)6-8(16)11(13)14/h9-11H,4-6H2,1-3H3/t9-,10-,11-,14+/m0/s1. The largest absolute Gasteiger partial charge is 0.461 e. The van der Waals surface area contributed by atoms with Crippen LogP contribution < -0.4 is 0 Å². The first-order valence-electron chi connectivity index (χ1n) is 6.54. The van der Waals surface area contributed by atoms with E-state index in [4.69, 9.17) is 4.74 Å². The maximum absolute atomic E-state index is 12.3. The Morgan fingerprint density at radius 3 is 2.44 bits per heavy atom. The Bertz CT molecular complexity index is 464. The molecule has 0 radical (unpaired) electrons. The minimum absolute atomic E-state index is 0.00764. The molecule has 0 unspecified atom stereocenters. The van der Waals surface area contributed by atoms with Crippen molar-refractivity contribution in [2.45, 2.75) is 46.1 Å². The molecule has 0 amide bonds. The molecule has 4 heteroatoms. The number of rotatable bonds is 0. The summed E-state index contributed by atoms with van der Waals surface area (Å²) in [6.45, 7) is 6.02. The van der Waals surface area contributed by atoms with Gasteiger partial charge in [0.1, 0.15) is 17.8 Å². The molecule has 0 aromatic rings. The highest BCUT2D eigenvalue weighted by atomic mass is 16.6. The second kappa shape index (κ2) is 3.22. The maximum Gasteiger partial charge on any atom is 0.317 e. The summed E-state index contributed by atoms with van der Waals surface area (Å²) in [6.07, 6.45) is 1.25. The molecule has 0 bridgehead atoms. The van der Waals surface area contributed by atoms with Gasteiger partial charge in [0.15, 0.2) is 5.78 Å². The smallest absolute Gasteiger partial charge is 0.317 e. The molecular formula is C14H18O4. The summed E-state index contributed by atoms with van der Waals surface area (Å²) in [4.78, 5) is 36.3. The number of carbonyl (C=O) groups is 3. The molecule has 18 heavy (non-hydrogen) atoms. The van der Waals surface area contributed by atoms with Gasteiger partial charge in [-0.1, -0.05) is 20.8 Å². The second-order valence-electron chi connectivity index (χ2n) is 6.79. The van der Waals surface area contributed by atoms with E-state index in [-0.39, 0.29) is 35.4 Å². The molecule has 3 rings (SSSR count). The molecule has 3 aliphatic rings. The summed E-state index contributed by atoms with van der Waals surface area (Å²) in [6, 6.07) is 0. The summed E-state index contributed by atoms with van der Waals surface area (Å²) >= 11 is 0. The van der Waals surface area contributed by atoms with Crippen LogP contribution in [0, 0.1) is 22.7 Å². The molecule has 2 saturated carbocycles. The lowest BCUT2D eigenvalue weighted by Gasteiger charge is -2.53. The van der Waals surface area contributed by atoms with E-state index in [0.29, 0.717) is 0 Å². The van der Waals surface area contributed by atoms with Crippen LogP contribution in [0.3, 0.4) is 0 Å². The number of ether oxygens (including phenoxy) is 1. The number of hydrogen-bond acceptors (Lipinski definition) is 4. The predicted molar refractivity (Wildman–Crippen MR) is 62.6 cm³/mol. The highest BCUT2D eigenvalue weighted by molar-refractivity contribution is 6.13. The predicted octanol–water partition coefficient (Wildman–Crippen LogP) is 1.51. The zero-order valence-corrected chi connectivity index (χ0v) is 11.0. The van der Waals surface area contributed by atoms with Crippen molar-refractivity contribution in [3.8, 4) is 0 Å². The molecule has 98 valence electrons. The molecule has 1 aliphatic heterocycles. The molecule has 0 aromatic heterocycles. The molecule has 4 atom stereocenters. The minimum atomic E-state index is -0.718. The van der Waals surface area contributed by atoms with Crippen molar-refractivity contribution < 1.29 is 19.1 Å². The SMILES string of the molecule is CC1(C)CC[C@@H]2OC(=O)[C@@H]3C(=O)CC(=O)[C@@H]1[C@@]32C. The van der Waals surface area contributed by atoms with E-state index in [1.807, 2.05) is 6.92 Å². The van der Waals surface area contributed by atoms with Gasteiger partial charge in [0.05, 0.1) is 6.42 Å².